The Labute approximate surface area is 161 Å². The molecule has 0 bridgehead atoms. The zero-order chi connectivity index (χ0) is 17.8. The van der Waals surface area contributed by atoms with Crippen LogP contribution in [-0.4, -0.2) is 11.4 Å². The summed E-state index contributed by atoms with van der Waals surface area (Å²) in [7, 11) is 0. The Balaban J connectivity index is 1.72. The van der Waals surface area contributed by atoms with Gasteiger partial charge in [-0.3, -0.25) is 9.98 Å². The van der Waals surface area contributed by atoms with Gasteiger partial charge in [0.1, 0.15) is 0 Å². The van der Waals surface area contributed by atoms with Crippen LogP contribution in [0.15, 0.2) is 99.4 Å². The maximum absolute atomic E-state index is 4.89. The number of para-hydroxylation sites is 2. The molecule has 0 atom stereocenters. The first-order valence-electron chi connectivity index (χ1n) is 8.51. The molecule has 0 saturated carbocycles. The molecule has 3 aromatic rings. The minimum atomic E-state index is 0.700. The standard InChI is InChI=1S/C23H17BrN2/c24-19-13-10-17(11-14-19)12-15-20-16-23(18-6-2-1-3-7-18)26-22-9-5-4-8-21(22)25-20/h1-15H,16H2/b15-12+. The first-order valence-corrected chi connectivity index (χ1v) is 9.30. The summed E-state index contributed by atoms with van der Waals surface area (Å²) in [6.45, 7) is 0. The maximum atomic E-state index is 4.89. The van der Waals surface area contributed by atoms with E-state index in [2.05, 4.69) is 52.3 Å². The van der Waals surface area contributed by atoms with Crippen LogP contribution in [0.2, 0.25) is 0 Å². The highest BCUT2D eigenvalue weighted by Gasteiger charge is 2.13. The summed E-state index contributed by atoms with van der Waals surface area (Å²) in [5.41, 5.74) is 6.14. The van der Waals surface area contributed by atoms with E-state index < -0.39 is 0 Å². The Bertz CT molecular complexity index is 1000. The van der Waals surface area contributed by atoms with Crippen molar-refractivity contribution in [1.82, 2.24) is 0 Å². The van der Waals surface area contributed by atoms with Crippen molar-refractivity contribution >= 4 is 44.8 Å². The average molecular weight is 401 g/mol. The van der Waals surface area contributed by atoms with Crippen molar-refractivity contribution in [3.05, 3.63) is 101 Å². The van der Waals surface area contributed by atoms with Crippen LogP contribution in [0.3, 0.4) is 0 Å². The SMILES string of the molecule is Brc1ccc(/C=C/C2=Nc3ccccc3N=C(c3ccccc3)C2)cc1. The van der Waals surface area contributed by atoms with Gasteiger partial charge >= 0.3 is 0 Å². The Morgan fingerprint density at radius 3 is 2.08 bits per heavy atom. The molecule has 2 nitrogen and oxygen atoms in total. The maximum Gasteiger partial charge on any atom is 0.0889 e. The van der Waals surface area contributed by atoms with Crippen molar-refractivity contribution in [3.63, 3.8) is 0 Å². The molecule has 0 aliphatic carbocycles. The van der Waals surface area contributed by atoms with Gasteiger partial charge in [0.15, 0.2) is 0 Å². The fraction of sp³-hybridized carbons (Fsp3) is 0.0435. The minimum Gasteiger partial charge on any atom is -0.251 e. The molecule has 0 radical (unpaired) electrons. The van der Waals surface area contributed by atoms with E-state index in [0.29, 0.717) is 6.42 Å². The van der Waals surface area contributed by atoms with Crippen molar-refractivity contribution in [2.45, 2.75) is 6.42 Å². The predicted molar refractivity (Wildman–Crippen MR) is 114 cm³/mol. The molecule has 1 heterocycles. The molecule has 1 aliphatic rings. The monoisotopic (exact) mass is 400 g/mol. The number of nitrogens with zero attached hydrogens (tertiary/aromatic N) is 2. The van der Waals surface area contributed by atoms with Crippen molar-refractivity contribution in [3.8, 4) is 0 Å². The van der Waals surface area contributed by atoms with Crippen LogP contribution in [-0.2, 0) is 0 Å². The highest BCUT2D eigenvalue weighted by atomic mass is 79.9. The summed E-state index contributed by atoms with van der Waals surface area (Å²) in [6, 6.07) is 26.6. The van der Waals surface area contributed by atoms with Gasteiger partial charge < -0.3 is 0 Å². The molecule has 3 heteroatoms. The molecule has 1 aliphatic heterocycles. The van der Waals surface area contributed by atoms with Gasteiger partial charge in [0, 0.05) is 16.6 Å². The molecule has 0 unspecified atom stereocenters. The molecule has 26 heavy (non-hydrogen) atoms. The predicted octanol–water partition coefficient (Wildman–Crippen LogP) is 6.76. The Hall–Kier alpha value is -2.78. The van der Waals surface area contributed by atoms with Crippen molar-refractivity contribution < 1.29 is 0 Å². The lowest BCUT2D eigenvalue weighted by Gasteiger charge is -2.05. The number of allylic oxidation sites excluding steroid dienone is 1. The summed E-state index contributed by atoms with van der Waals surface area (Å²) >= 11 is 3.47. The lowest BCUT2D eigenvalue weighted by atomic mass is 10.0. The first kappa shape index (κ1) is 16.7. The van der Waals surface area contributed by atoms with Crippen LogP contribution >= 0.6 is 15.9 Å². The lowest BCUT2D eigenvalue weighted by molar-refractivity contribution is 1.45. The summed E-state index contributed by atoms with van der Waals surface area (Å²) < 4.78 is 1.08. The van der Waals surface area contributed by atoms with Gasteiger partial charge in [-0.15, -0.1) is 0 Å². The smallest absolute Gasteiger partial charge is 0.0889 e. The highest BCUT2D eigenvalue weighted by Crippen LogP contribution is 2.31. The third-order valence-electron chi connectivity index (χ3n) is 4.19. The number of rotatable bonds is 3. The molecule has 0 N–H and O–H groups in total. The molecule has 0 amide bonds. The highest BCUT2D eigenvalue weighted by molar-refractivity contribution is 9.10. The largest absolute Gasteiger partial charge is 0.251 e. The summed E-state index contributed by atoms with van der Waals surface area (Å²) in [4.78, 5) is 9.74. The van der Waals surface area contributed by atoms with Crippen LogP contribution < -0.4 is 0 Å². The van der Waals surface area contributed by atoms with Crippen molar-refractivity contribution in [1.29, 1.82) is 0 Å². The molecular weight excluding hydrogens is 384 g/mol. The fourth-order valence-electron chi connectivity index (χ4n) is 2.86. The first-order chi connectivity index (χ1) is 12.8. The summed E-state index contributed by atoms with van der Waals surface area (Å²) in [5, 5.41) is 0. The van der Waals surface area contributed by atoms with E-state index in [1.807, 2.05) is 54.6 Å². The van der Waals surface area contributed by atoms with E-state index in [9.17, 15) is 0 Å². The molecule has 4 rings (SSSR count). The molecule has 0 spiro atoms. The molecule has 126 valence electrons. The lowest BCUT2D eigenvalue weighted by Crippen LogP contribution is -2.06. The van der Waals surface area contributed by atoms with Gasteiger partial charge in [0.25, 0.3) is 0 Å². The third-order valence-corrected chi connectivity index (χ3v) is 4.72. The quantitative estimate of drug-likeness (QED) is 0.463. The van der Waals surface area contributed by atoms with Crippen LogP contribution in [0.1, 0.15) is 17.5 Å². The zero-order valence-corrected chi connectivity index (χ0v) is 15.7. The minimum absolute atomic E-state index is 0.700. The Kier molecular flexibility index (Phi) is 4.89. The summed E-state index contributed by atoms with van der Waals surface area (Å²) in [5.74, 6) is 0. The number of benzene rings is 3. The van der Waals surface area contributed by atoms with Gasteiger partial charge in [0.05, 0.1) is 17.1 Å². The van der Waals surface area contributed by atoms with Gasteiger partial charge in [-0.25, -0.2) is 0 Å². The average Bonchev–Trinajstić information content (AvgIpc) is 2.87. The van der Waals surface area contributed by atoms with E-state index >= 15 is 0 Å². The second kappa shape index (κ2) is 7.63. The van der Waals surface area contributed by atoms with Gasteiger partial charge in [-0.05, 0) is 41.5 Å². The second-order valence-corrected chi connectivity index (χ2v) is 6.99. The third kappa shape index (κ3) is 3.89. The Morgan fingerprint density at radius 2 is 1.35 bits per heavy atom. The number of hydrogen-bond acceptors (Lipinski definition) is 2. The van der Waals surface area contributed by atoms with Crippen molar-refractivity contribution in [2.75, 3.05) is 0 Å². The number of aliphatic imine (C=N–C) groups is 2. The van der Waals surface area contributed by atoms with Crippen LogP contribution in [0.25, 0.3) is 6.08 Å². The number of fused-ring (bicyclic) bond motifs is 1. The zero-order valence-electron chi connectivity index (χ0n) is 14.1. The fourth-order valence-corrected chi connectivity index (χ4v) is 3.13. The van der Waals surface area contributed by atoms with Gasteiger partial charge in [-0.2, -0.15) is 0 Å². The second-order valence-electron chi connectivity index (χ2n) is 6.08. The molecular formula is C23H17BrN2. The van der Waals surface area contributed by atoms with E-state index in [4.69, 9.17) is 9.98 Å². The van der Waals surface area contributed by atoms with E-state index in [1.165, 1.54) is 0 Å². The van der Waals surface area contributed by atoms with Crippen LogP contribution in [0.5, 0.6) is 0 Å². The van der Waals surface area contributed by atoms with Gasteiger partial charge in [-0.1, -0.05) is 76.6 Å². The van der Waals surface area contributed by atoms with Gasteiger partial charge in [0.2, 0.25) is 0 Å². The van der Waals surface area contributed by atoms with E-state index in [-0.39, 0.29) is 0 Å². The van der Waals surface area contributed by atoms with Crippen LogP contribution in [0, 0.1) is 0 Å². The molecule has 0 fully saturated rings. The molecule has 3 aromatic carbocycles. The molecule has 0 aromatic heterocycles. The normalized spacial score (nSPS) is 13.7. The van der Waals surface area contributed by atoms with Crippen molar-refractivity contribution in [2.24, 2.45) is 9.98 Å². The Morgan fingerprint density at radius 1 is 0.692 bits per heavy atom. The summed E-state index contributed by atoms with van der Waals surface area (Å²) in [6.07, 6.45) is 4.89. The van der Waals surface area contributed by atoms with E-state index in [1.54, 1.807) is 0 Å². The topological polar surface area (TPSA) is 24.7 Å². The molecule has 0 saturated heterocycles. The number of hydrogen-bond donors (Lipinski definition) is 0. The van der Waals surface area contributed by atoms with Crippen LogP contribution in [0.4, 0.5) is 11.4 Å². The number of halogens is 1. The van der Waals surface area contributed by atoms with E-state index in [0.717, 1.165) is 38.4 Å².